The van der Waals surface area contributed by atoms with Gasteiger partial charge >= 0.3 is 0 Å². The van der Waals surface area contributed by atoms with Crippen molar-refractivity contribution in [3.05, 3.63) is 97.2 Å². The van der Waals surface area contributed by atoms with Crippen LogP contribution in [0.25, 0.3) is 0 Å². The zero-order chi connectivity index (χ0) is 19.2. The molecule has 0 aliphatic carbocycles. The Balaban J connectivity index is 1.46. The van der Waals surface area contributed by atoms with Crippen LogP contribution >= 0.6 is 0 Å². The van der Waals surface area contributed by atoms with Crippen molar-refractivity contribution in [1.82, 2.24) is 9.97 Å². The van der Waals surface area contributed by atoms with Crippen molar-refractivity contribution in [2.45, 2.75) is 0 Å². The summed E-state index contributed by atoms with van der Waals surface area (Å²) in [6.45, 7) is 0. The van der Waals surface area contributed by atoms with E-state index in [1.54, 1.807) is 6.20 Å². The van der Waals surface area contributed by atoms with Crippen LogP contribution in [0.2, 0.25) is 0 Å². The Morgan fingerprint density at radius 2 is 1.39 bits per heavy atom. The van der Waals surface area contributed by atoms with Gasteiger partial charge in [-0.05, 0) is 54.6 Å². The fourth-order valence-electron chi connectivity index (χ4n) is 2.73. The van der Waals surface area contributed by atoms with E-state index in [-0.39, 0.29) is 0 Å². The second-order valence-corrected chi connectivity index (χ2v) is 6.20. The topological polar surface area (TPSA) is 50.3 Å². The van der Waals surface area contributed by atoms with Gasteiger partial charge in [-0.1, -0.05) is 36.4 Å². The first kappa shape index (κ1) is 17.5. The predicted molar refractivity (Wildman–Crippen MR) is 113 cm³/mol. The molecular weight excluding hydrogens is 348 g/mol. The standard InChI is InChI=1S/C23H20N4O/c1-27(19-8-4-2-5-9-19)23-24-17-16-22(26-23)25-18-12-14-21(15-13-18)28-20-10-6-3-7-11-20/h2-17H,1H3,(H,24,25,26). The van der Waals surface area contributed by atoms with Crippen molar-refractivity contribution < 1.29 is 4.74 Å². The first-order chi connectivity index (χ1) is 13.8. The lowest BCUT2D eigenvalue weighted by molar-refractivity contribution is 0.483. The molecule has 0 bridgehead atoms. The molecule has 0 amide bonds. The van der Waals surface area contributed by atoms with Crippen LogP contribution in [0.3, 0.4) is 0 Å². The van der Waals surface area contributed by atoms with Crippen molar-refractivity contribution in [2.24, 2.45) is 0 Å². The van der Waals surface area contributed by atoms with Gasteiger partial charge in [0.25, 0.3) is 0 Å². The molecule has 1 N–H and O–H groups in total. The fourth-order valence-corrected chi connectivity index (χ4v) is 2.73. The third-order valence-corrected chi connectivity index (χ3v) is 4.19. The van der Waals surface area contributed by atoms with E-state index in [9.17, 15) is 0 Å². The molecule has 5 heteroatoms. The van der Waals surface area contributed by atoms with Gasteiger partial charge in [-0.2, -0.15) is 4.98 Å². The number of hydrogen-bond acceptors (Lipinski definition) is 5. The smallest absolute Gasteiger partial charge is 0.231 e. The maximum atomic E-state index is 5.82. The molecule has 28 heavy (non-hydrogen) atoms. The molecule has 1 heterocycles. The average molecular weight is 368 g/mol. The van der Waals surface area contributed by atoms with Gasteiger partial charge in [-0.3, -0.25) is 0 Å². The summed E-state index contributed by atoms with van der Waals surface area (Å²) in [6.07, 6.45) is 1.75. The lowest BCUT2D eigenvalue weighted by atomic mass is 10.3. The Hall–Kier alpha value is -3.86. The van der Waals surface area contributed by atoms with Crippen molar-refractivity contribution >= 4 is 23.1 Å². The van der Waals surface area contributed by atoms with Crippen molar-refractivity contribution in [1.29, 1.82) is 0 Å². The molecule has 4 aromatic rings. The highest BCUT2D eigenvalue weighted by Gasteiger charge is 2.07. The molecule has 3 aromatic carbocycles. The molecule has 0 unspecified atom stereocenters. The van der Waals surface area contributed by atoms with Crippen molar-refractivity contribution in [3.63, 3.8) is 0 Å². The highest BCUT2D eigenvalue weighted by molar-refractivity contribution is 5.61. The Kier molecular flexibility index (Phi) is 5.15. The Labute approximate surface area is 164 Å². The van der Waals surface area contributed by atoms with Gasteiger partial charge in [0, 0.05) is 24.6 Å². The van der Waals surface area contributed by atoms with Gasteiger partial charge < -0.3 is 15.0 Å². The first-order valence-corrected chi connectivity index (χ1v) is 9.00. The minimum absolute atomic E-state index is 0.625. The van der Waals surface area contributed by atoms with Crippen LogP contribution in [0, 0.1) is 0 Å². The molecule has 0 aliphatic rings. The van der Waals surface area contributed by atoms with Crippen LogP contribution < -0.4 is 15.0 Å². The number of para-hydroxylation sites is 2. The lowest BCUT2D eigenvalue weighted by Crippen LogP contribution is -2.13. The van der Waals surface area contributed by atoms with E-state index in [4.69, 9.17) is 4.74 Å². The molecule has 5 nitrogen and oxygen atoms in total. The Bertz CT molecular complexity index is 1020. The molecule has 0 atom stereocenters. The summed E-state index contributed by atoms with van der Waals surface area (Å²) in [5, 5.41) is 3.31. The largest absolute Gasteiger partial charge is 0.457 e. The Morgan fingerprint density at radius 3 is 2.11 bits per heavy atom. The number of nitrogens with zero attached hydrogens (tertiary/aromatic N) is 3. The molecule has 1 aromatic heterocycles. The Morgan fingerprint density at radius 1 is 0.750 bits per heavy atom. The monoisotopic (exact) mass is 368 g/mol. The maximum Gasteiger partial charge on any atom is 0.231 e. The number of aromatic nitrogens is 2. The second-order valence-electron chi connectivity index (χ2n) is 6.20. The van der Waals surface area contributed by atoms with E-state index in [0.29, 0.717) is 5.95 Å². The SMILES string of the molecule is CN(c1ccccc1)c1nccc(Nc2ccc(Oc3ccccc3)cc2)n1. The van der Waals surface area contributed by atoms with Gasteiger partial charge in [-0.15, -0.1) is 0 Å². The molecule has 0 saturated carbocycles. The quantitative estimate of drug-likeness (QED) is 0.467. The number of hydrogen-bond donors (Lipinski definition) is 1. The summed E-state index contributed by atoms with van der Waals surface area (Å²) in [7, 11) is 1.95. The average Bonchev–Trinajstić information content (AvgIpc) is 2.76. The van der Waals surface area contributed by atoms with Crippen LogP contribution in [-0.4, -0.2) is 17.0 Å². The lowest BCUT2D eigenvalue weighted by Gasteiger charge is -2.17. The minimum Gasteiger partial charge on any atom is -0.457 e. The zero-order valence-electron chi connectivity index (χ0n) is 15.5. The van der Waals surface area contributed by atoms with Crippen LogP contribution in [0.5, 0.6) is 11.5 Å². The third kappa shape index (κ3) is 4.27. The van der Waals surface area contributed by atoms with E-state index in [1.807, 2.05) is 103 Å². The molecule has 4 rings (SSSR count). The van der Waals surface area contributed by atoms with E-state index >= 15 is 0 Å². The summed E-state index contributed by atoms with van der Waals surface area (Å²) in [4.78, 5) is 10.9. The van der Waals surface area contributed by atoms with Gasteiger partial charge in [0.2, 0.25) is 5.95 Å². The highest BCUT2D eigenvalue weighted by atomic mass is 16.5. The van der Waals surface area contributed by atoms with E-state index in [2.05, 4.69) is 15.3 Å². The summed E-state index contributed by atoms with van der Waals surface area (Å²) < 4.78 is 5.82. The van der Waals surface area contributed by atoms with E-state index in [1.165, 1.54) is 0 Å². The summed E-state index contributed by atoms with van der Waals surface area (Å²) >= 11 is 0. The number of benzene rings is 3. The number of nitrogens with one attached hydrogen (secondary N) is 1. The van der Waals surface area contributed by atoms with Gasteiger partial charge in [0.15, 0.2) is 0 Å². The van der Waals surface area contributed by atoms with E-state index < -0.39 is 0 Å². The number of anilines is 4. The van der Waals surface area contributed by atoms with Gasteiger partial charge in [0.1, 0.15) is 17.3 Å². The number of ether oxygens (including phenoxy) is 1. The predicted octanol–water partition coefficient (Wildman–Crippen LogP) is 5.78. The van der Waals surface area contributed by atoms with Crippen LogP contribution in [-0.2, 0) is 0 Å². The normalized spacial score (nSPS) is 10.3. The maximum absolute atomic E-state index is 5.82. The van der Waals surface area contributed by atoms with Gasteiger partial charge in [0.05, 0.1) is 0 Å². The first-order valence-electron chi connectivity index (χ1n) is 9.00. The highest BCUT2D eigenvalue weighted by Crippen LogP contribution is 2.25. The van der Waals surface area contributed by atoms with Gasteiger partial charge in [-0.25, -0.2) is 4.98 Å². The molecular formula is C23H20N4O. The minimum atomic E-state index is 0.625. The molecule has 0 spiro atoms. The molecule has 138 valence electrons. The molecule has 0 fully saturated rings. The summed E-state index contributed by atoms with van der Waals surface area (Å²) in [6, 6.07) is 29.3. The van der Waals surface area contributed by atoms with Crippen LogP contribution in [0.15, 0.2) is 97.2 Å². The van der Waals surface area contributed by atoms with Crippen molar-refractivity contribution in [3.8, 4) is 11.5 Å². The molecule has 0 radical (unpaired) electrons. The van der Waals surface area contributed by atoms with Crippen molar-refractivity contribution in [2.75, 3.05) is 17.3 Å². The third-order valence-electron chi connectivity index (χ3n) is 4.19. The number of rotatable bonds is 6. The zero-order valence-corrected chi connectivity index (χ0v) is 15.5. The summed E-state index contributed by atoms with van der Waals surface area (Å²) in [5.74, 6) is 2.95. The second kappa shape index (κ2) is 8.22. The fraction of sp³-hybridized carbons (Fsp3) is 0.0435. The molecule has 0 aliphatic heterocycles. The van der Waals surface area contributed by atoms with Crippen LogP contribution in [0.4, 0.5) is 23.1 Å². The summed E-state index contributed by atoms with van der Waals surface area (Å²) in [5.41, 5.74) is 1.95. The van der Waals surface area contributed by atoms with Crippen LogP contribution in [0.1, 0.15) is 0 Å². The van der Waals surface area contributed by atoms with E-state index in [0.717, 1.165) is 28.7 Å². The molecule has 0 saturated heterocycles.